The average Bonchev–Trinajstić information content (AvgIpc) is 3.55. The van der Waals surface area contributed by atoms with E-state index in [9.17, 15) is 4.11 Å². The molecule has 0 unspecified atom stereocenters. The van der Waals surface area contributed by atoms with E-state index in [0.717, 1.165) is 43.4 Å². The van der Waals surface area contributed by atoms with Crippen molar-refractivity contribution < 1.29 is 12.6 Å². The molecule has 0 aliphatic rings. The van der Waals surface area contributed by atoms with Crippen molar-refractivity contribution in [2.45, 2.75) is 0 Å². The molecule has 0 atom stereocenters. The van der Waals surface area contributed by atoms with E-state index < -0.39 is 0 Å². The SMILES string of the molecule is [2H]c1c(-c2ccccc2)c([2H])c2c(oc3c([2H])c([2H])c(-c4c5ccccc5c(-c5cccc6ccccc56)c5ccccc45)c([2H])c32)c1[2H]. The molecule has 43 heavy (non-hydrogen) atoms. The van der Waals surface area contributed by atoms with Gasteiger partial charge in [-0.2, -0.15) is 0 Å². The zero-order valence-corrected chi connectivity index (χ0v) is 23.0. The third-order valence-electron chi connectivity index (χ3n) is 8.31. The van der Waals surface area contributed by atoms with Crippen LogP contribution in [0.5, 0.6) is 0 Å². The molecule has 9 rings (SSSR count). The van der Waals surface area contributed by atoms with Crippen molar-refractivity contribution in [3.8, 4) is 33.4 Å². The lowest BCUT2D eigenvalue weighted by atomic mass is 9.84. The minimum atomic E-state index is -0.227. The molecule has 0 radical (unpaired) electrons. The van der Waals surface area contributed by atoms with Crippen LogP contribution < -0.4 is 0 Å². The van der Waals surface area contributed by atoms with Crippen LogP contribution in [0.25, 0.3) is 87.6 Å². The highest BCUT2D eigenvalue weighted by Crippen LogP contribution is 2.46. The molecule has 0 saturated carbocycles. The molecule has 1 nitrogen and oxygen atoms in total. The van der Waals surface area contributed by atoms with E-state index in [4.69, 9.17) is 8.53 Å². The van der Waals surface area contributed by atoms with Crippen molar-refractivity contribution in [1.82, 2.24) is 0 Å². The Balaban J connectivity index is 1.45. The van der Waals surface area contributed by atoms with Gasteiger partial charge in [-0.1, -0.05) is 133 Å². The molecule has 1 heteroatoms. The molecule has 0 amide bonds. The van der Waals surface area contributed by atoms with Gasteiger partial charge in [0.1, 0.15) is 11.2 Å². The van der Waals surface area contributed by atoms with E-state index in [2.05, 4.69) is 42.5 Å². The predicted molar refractivity (Wildman–Crippen MR) is 183 cm³/mol. The first-order chi connectivity index (χ1) is 23.9. The zero-order valence-electron chi connectivity index (χ0n) is 29.0. The van der Waals surface area contributed by atoms with Crippen LogP contribution >= 0.6 is 0 Å². The molecule has 0 bridgehead atoms. The maximum absolute atomic E-state index is 9.73. The van der Waals surface area contributed by atoms with Gasteiger partial charge in [0, 0.05) is 10.8 Å². The van der Waals surface area contributed by atoms with Gasteiger partial charge in [0.05, 0.1) is 8.22 Å². The van der Waals surface area contributed by atoms with Crippen LogP contribution in [-0.2, 0) is 0 Å². The second-order valence-electron chi connectivity index (χ2n) is 10.7. The molecule has 1 aromatic heterocycles. The molecule has 0 spiro atoms. The zero-order chi connectivity index (χ0) is 33.6. The third-order valence-corrected chi connectivity index (χ3v) is 8.31. The Morgan fingerprint density at radius 1 is 0.372 bits per heavy atom. The van der Waals surface area contributed by atoms with Crippen LogP contribution in [0, 0.1) is 0 Å². The molecule has 9 aromatic rings. The summed E-state index contributed by atoms with van der Waals surface area (Å²) in [5.41, 5.74) is 3.87. The molecule has 0 fully saturated rings. The summed E-state index contributed by atoms with van der Waals surface area (Å²) in [6.45, 7) is 0. The monoisotopic (exact) mass is 552 g/mol. The standard InChI is InChI=1S/C42H26O/c1-2-11-27(12-3-1)29-21-23-39-37(25-29)38-26-30(22-24-40(38)43-39)41-33-16-6-8-18-35(33)42(36-19-9-7-17-34(36)41)32-20-10-14-28-13-4-5-15-31(28)32/h1-26H/i21D,22D,23D,24D,25D,26D. The second-order valence-corrected chi connectivity index (χ2v) is 10.7. The van der Waals surface area contributed by atoms with Gasteiger partial charge in [-0.3, -0.25) is 0 Å². The summed E-state index contributed by atoms with van der Waals surface area (Å²) in [4.78, 5) is 0. The summed E-state index contributed by atoms with van der Waals surface area (Å²) in [6.07, 6.45) is 0. The minimum Gasteiger partial charge on any atom is -0.456 e. The Morgan fingerprint density at radius 2 is 0.884 bits per heavy atom. The van der Waals surface area contributed by atoms with Gasteiger partial charge in [-0.25, -0.2) is 0 Å². The average molecular weight is 553 g/mol. The van der Waals surface area contributed by atoms with E-state index >= 15 is 0 Å². The van der Waals surface area contributed by atoms with Crippen molar-refractivity contribution in [3.05, 3.63) is 158 Å². The van der Waals surface area contributed by atoms with Crippen LogP contribution in [0.4, 0.5) is 0 Å². The van der Waals surface area contributed by atoms with Gasteiger partial charge in [0.15, 0.2) is 0 Å². The van der Waals surface area contributed by atoms with Crippen molar-refractivity contribution in [2.24, 2.45) is 0 Å². The number of furan rings is 1. The molecule has 0 N–H and O–H groups in total. The van der Waals surface area contributed by atoms with Crippen molar-refractivity contribution in [3.63, 3.8) is 0 Å². The Kier molecular flexibility index (Phi) is 4.11. The number of hydrogen-bond acceptors (Lipinski definition) is 1. The highest BCUT2D eigenvalue weighted by molar-refractivity contribution is 6.24. The van der Waals surface area contributed by atoms with Gasteiger partial charge in [-0.15, -0.1) is 0 Å². The summed E-state index contributed by atoms with van der Waals surface area (Å²) < 4.78 is 61.2. The fraction of sp³-hybridized carbons (Fsp3) is 0. The van der Waals surface area contributed by atoms with Crippen LogP contribution in [0.1, 0.15) is 8.22 Å². The molecule has 8 aromatic carbocycles. The van der Waals surface area contributed by atoms with Gasteiger partial charge < -0.3 is 4.42 Å². The third kappa shape index (κ3) is 3.72. The van der Waals surface area contributed by atoms with Crippen molar-refractivity contribution in [2.75, 3.05) is 0 Å². The van der Waals surface area contributed by atoms with E-state index in [-0.39, 0.29) is 69.3 Å². The maximum atomic E-state index is 9.73. The molecule has 0 aliphatic carbocycles. The van der Waals surface area contributed by atoms with E-state index in [1.54, 1.807) is 12.1 Å². The number of hydrogen-bond donors (Lipinski definition) is 0. The fourth-order valence-electron chi connectivity index (χ4n) is 6.40. The Morgan fingerprint density at radius 3 is 1.56 bits per heavy atom. The van der Waals surface area contributed by atoms with Gasteiger partial charge >= 0.3 is 0 Å². The van der Waals surface area contributed by atoms with Crippen molar-refractivity contribution >= 4 is 54.3 Å². The van der Waals surface area contributed by atoms with E-state index in [1.807, 2.05) is 66.7 Å². The highest BCUT2D eigenvalue weighted by Gasteiger charge is 2.19. The molecule has 1 heterocycles. The number of rotatable bonds is 3. The Labute approximate surface area is 257 Å². The maximum Gasteiger partial charge on any atom is 0.135 e. The van der Waals surface area contributed by atoms with Crippen LogP contribution in [0.15, 0.2) is 162 Å². The molecule has 0 aliphatic heterocycles. The summed E-state index contributed by atoms with van der Waals surface area (Å²) in [5.74, 6) is 0. The van der Waals surface area contributed by atoms with Crippen LogP contribution in [-0.4, -0.2) is 0 Å². The lowest BCUT2D eigenvalue weighted by Gasteiger charge is -2.18. The van der Waals surface area contributed by atoms with Gasteiger partial charge in [0.25, 0.3) is 0 Å². The molecule has 0 saturated heterocycles. The molecule has 200 valence electrons. The minimum absolute atomic E-state index is 0.0238. The lowest BCUT2D eigenvalue weighted by Crippen LogP contribution is -1.91. The Bertz CT molecular complexity index is 2780. The van der Waals surface area contributed by atoms with Gasteiger partial charge in [0.2, 0.25) is 0 Å². The summed E-state index contributed by atoms with van der Waals surface area (Å²) in [6, 6.07) is 38.8. The van der Waals surface area contributed by atoms with E-state index in [1.165, 1.54) is 0 Å². The first-order valence-corrected chi connectivity index (χ1v) is 14.3. The first kappa shape index (κ1) is 18.7. The smallest absolute Gasteiger partial charge is 0.135 e. The predicted octanol–water partition coefficient (Wildman–Crippen LogP) is 12.0. The summed E-state index contributed by atoms with van der Waals surface area (Å²) in [7, 11) is 0. The topological polar surface area (TPSA) is 13.1 Å². The number of benzene rings is 8. The summed E-state index contributed by atoms with van der Waals surface area (Å²) >= 11 is 0. The summed E-state index contributed by atoms with van der Waals surface area (Å²) in [5, 5.41) is 6.23. The quantitative estimate of drug-likeness (QED) is 0.199. The normalized spacial score (nSPS) is 13.7. The first-order valence-electron chi connectivity index (χ1n) is 17.3. The fourth-order valence-corrected chi connectivity index (χ4v) is 6.40. The Hall–Kier alpha value is -5.66. The second kappa shape index (κ2) is 9.44. The van der Waals surface area contributed by atoms with Crippen molar-refractivity contribution in [1.29, 1.82) is 0 Å². The van der Waals surface area contributed by atoms with Crippen LogP contribution in [0.3, 0.4) is 0 Å². The molecular weight excluding hydrogens is 520 g/mol. The van der Waals surface area contributed by atoms with Gasteiger partial charge in [-0.05, 0) is 89.9 Å². The largest absolute Gasteiger partial charge is 0.456 e. The highest BCUT2D eigenvalue weighted by atomic mass is 16.3. The lowest BCUT2D eigenvalue weighted by molar-refractivity contribution is 0.669. The van der Waals surface area contributed by atoms with E-state index in [0.29, 0.717) is 11.1 Å². The number of fused-ring (bicyclic) bond motifs is 6. The molecular formula is C42H26O. The van der Waals surface area contributed by atoms with Crippen LogP contribution in [0.2, 0.25) is 0 Å².